The van der Waals surface area contributed by atoms with E-state index in [2.05, 4.69) is 16.2 Å². The molecule has 2 aromatic carbocycles. The molecule has 6 nitrogen and oxygen atoms in total. The predicted molar refractivity (Wildman–Crippen MR) is 109 cm³/mol. The third-order valence-electron chi connectivity index (χ3n) is 3.59. The lowest BCUT2D eigenvalue weighted by Crippen LogP contribution is -2.45. The minimum atomic E-state index is -0.527. The zero-order valence-electron chi connectivity index (χ0n) is 14.9. The van der Waals surface area contributed by atoms with E-state index in [1.807, 2.05) is 31.2 Å². The van der Waals surface area contributed by atoms with Crippen molar-refractivity contribution in [2.45, 2.75) is 19.1 Å². The van der Waals surface area contributed by atoms with Crippen LogP contribution in [0, 0.1) is 6.92 Å². The van der Waals surface area contributed by atoms with E-state index >= 15 is 0 Å². The Bertz CT molecular complexity index is 827. The highest BCUT2D eigenvalue weighted by atomic mass is 35.5. The standard InChI is InChI=1S/C19H20ClN3O3S/c1-12-7-9-14(10-8-12)21-17(24)11-27-13(2)18(25)22-23-19(26)15-5-3-4-6-16(15)20/h3-10,13H,11H2,1-2H3,(H,21,24)(H,22,25)(H,23,26)/t13-/m1/s1. The Morgan fingerprint density at radius 2 is 1.70 bits per heavy atom. The van der Waals surface area contributed by atoms with Gasteiger partial charge in [0.05, 0.1) is 21.6 Å². The normalized spacial score (nSPS) is 11.4. The molecule has 0 fully saturated rings. The number of hydrogen-bond donors (Lipinski definition) is 3. The molecule has 0 aromatic heterocycles. The van der Waals surface area contributed by atoms with E-state index in [1.165, 1.54) is 0 Å². The Balaban J connectivity index is 1.75. The summed E-state index contributed by atoms with van der Waals surface area (Å²) in [5, 5.41) is 2.53. The summed E-state index contributed by atoms with van der Waals surface area (Å²) in [7, 11) is 0. The van der Waals surface area contributed by atoms with Crippen molar-refractivity contribution in [3.63, 3.8) is 0 Å². The van der Waals surface area contributed by atoms with Crippen LogP contribution in [0.2, 0.25) is 5.02 Å². The number of amides is 3. The summed E-state index contributed by atoms with van der Waals surface area (Å²) in [4.78, 5) is 36.0. The Kier molecular flexibility index (Phi) is 7.69. The van der Waals surface area contributed by atoms with E-state index in [0.29, 0.717) is 10.7 Å². The second-order valence-electron chi connectivity index (χ2n) is 5.79. The molecule has 0 saturated carbocycles. The van der Waals surface area contributed by atoms with Crippen molar-refractivity contribution in [1.29, 1.82) is 0 Å². The number of benzene rings is 2. The second-order valence-corrected chi connectivity index (χ2v) is 7.53. The van der Waals surface area contributed by atoms with Crippen molar-refractivity contribution in [1.82, 2.24) is 10.9 Å². The van der Waals surface area contributed by atoms with Crippen LogP contribution in [0.15, 0.2) is 48.5 Å². The highest BCUT2D eigenvalue weighted by molar-refractivity contribution is 8.01. The van der Waals surface area contributed by atoms with E-state index < -0.39 is 17.1 Å². The lowest BCUT2D eigenvalue weighted by molar-refractivity contribution is -0.121. The Hall–Kier alpha value is -2.51. The van der Waals surface area contributed by atoms with E-state index in [4.69, 9.17) is 11.6 Å². The fourth-order valence-corrected chi connectivity index (χ4v) is 2.95. The average molecular weight is 406 g/mol. The van der Waals surface area contributed by atoms with Crippen LogP contribution in [0.5, 0.6) is 0 Å². The quantitative estimate of drug-likeness (QED) is 0.644. The van der Waals surface area contributed by atoms with Gasteiger partial charge in [-0.1, -0.05) is 41.4 Å². The van der Waals surface area contributed by atoms with E-state index in [1.54, 1.807) is 31.2 Å². The summed E-state index contributed by atoms with van der Waals surface area (Å²) in [6.07, 6.45) is 0. The van der Waals surface area contributed by atoms with Crippen LogP contribution in [0.4, 0.5) is 5.69 Å². The number of hydrazine groups is 1. The molecule has 3 N–H and O–H groups in total. The van der Waals surface area contributed by atoms with Gasteiger partial charge in [0.2, 0.25) is 5.91 Å². The van der Waals surface area contributed by atoms with Crippen molar-refractivity contribution in [3.05, 3.63) is 64.7 Å². The molecule has 0 aliphatic carbocycles. The number of rotatable bonds is 6. The van der Waals surface area contributed by atoms with Gasteiger partial charge in [-0.3, -0.25) is 25.2 Å². The minimum absolute atomic E-state index is 0.112. The van der Waals surface area contributed by atoms with E-state index in [0.717, 1.165) is 17.3 Å². The van der Waals surface area contributed by atoms with Crippen LogP contribution < -0.4 is 16.2 Å². The molecule has 0 aliphatic heterocycles. The lowest BCUT2D eigenvalue weighted by atomic mass is 10.2. The summed E-state index contributed by atoms with van der Waals surface area (Å²) in [6, 6.07) is 14.0. The molecule has 0 unspecified atom stereocenters. The highest BCUT2D eigenvalue weighted by Gasteiger charge is 2.17. The maximum atomic E-state index is 12.1. The van der Waals surface area contributed by atoms with Gasteiger partial charge in [-0.15, -0.1) is 11.8 Å². The Labute approximate surface area is 167 Å². The molecular weight excluding hydrogens is 386 g/mol. The molecule has 1 atom stereocenters. The molecule has 0 aliphatic rings. The van der Waals surface area contributed by atoms with Crippen LogP contribution >= 0.6 is 23.4 Å². The van der Waals surface area contributed by atoms with Gasteiger partial charge >= 0.3 is 0 Å². The van der Waals surface area contributed by atoms with Crippen LogP contribution in [0.1, 0.15) is 22.8 Å². The van der Waals surface area contributed by atoms with Crippen molar-refractivity contribution in [2.24, 2.45) is 0 Å². The summed E-state index contributed by atoms with van der Waals surface area (Å²) in [6.45, 7) is 3.62. The molecule has 0 saturated heterocycles. The van der Waals surface area contributed by atoms with Crippen molar-refractivity contribution >= 4 is 46.8 Å². The third-order valence-corrected chi connectivity index (χ3v) is 5.06. The summed E-state index contributed by atoms with van der Waals surface area (Å²) < 4.78 is 0. The van der Waals surface area contributed by atoms with Gasteiger partial charge in [0.25, 0.3) is 11.8 Å². The van der Waals surface area contributed by atoms with Crippen LogP contribution in [-0.4, -0.2) is 28.7 Å². The largest absolute Gasteiger partial charge is 0.325 e. The molecular formula is C19H20ClN3O3S. The van der Waals surface area contributed by atoms with Gasteiger partial charge in [-0.05, 0) is 38.1 Å². The molecule has 27 heavy (non-hydrogen) atoms. The monoisotopic (exact) mass is 405 g/mol. The van der Waals surface area contributed by atoms with Gasteiger partial charge < -0.3 is 5.32 Å². The van der Waals surface area contributed by atoms with Gasteiger partial charge in [0.1, 0.15) is 0 Å². The number of carbonyl (C=O) groups is 3. The first kappa shape index (κ1) is 20.8. The molecule has 0 bridgehead atoms. The molecule has 8 heteroatoms. The Morgan fingerprint density at radius 3 is 2.37 bits per heavy atom. The van der Waals surface area contributed by atoms with Crippen LogP contribution in [0.3, 0.4) is 0 Å². The van der Waals surface area contributed by atoms with Crippen LogP contribution in [0.25, 0.3) is 0 Å². The fraction of sp³-hybridized carbons (Fsp3) is 0.211. The fourth-order valence-electron chi connectivity index (χ4n) is 2.04. The number of anilines is 1. The van der Waals surface area contributed by atoms with E-state index in [-0.39, 0.29) is 17.2 Å². The van der Waals surface area contributed by atoms with Crippen molar-refractivity contribution in [3.8, 4) is 0 Å². The number of carbonyl (C=O) groups excluding carboxylic acids is 3. The van der Waals surface area contributed by atoms with Crippen molar-refractivity contribution < 1.29 is 14.4 Å². The predicted octanol–water partition coefficient (Wildman–Crippen LogP) is 3.17. The van der Waals surface area contributed by atoms with Crippen molar-refractivity contribution in [2.75, 3.05) is 11.1 Å². The second kappa shape index (κ2) is 9.99. The first-order valence-electron chi connectivity index (χ1n) is 8.19. The zero-order valence-corrected chi connectivity index (χ0v) is 16.5. The smallest absolute Gasteiger partial charge is 0.271 e. The number of hydrogen-bond acceptors (Lipinski definition) is 4. The third kappa shape index (κ3) is 6.62. The first-order chi connectivity index (χ1) is 12.9. The van der Waals surface area contributed by atoms with Gasteiger partial charge in [0.15, 0.2) is 0 Å². The molecule has 142 valence electrons. The number of halogens is 1. The molecule has 2 rings (SSSR count). The maximum absolute atomic E-state index is 12.1. The summed E-state index contributed by atoms with van der Waals surface area (Å²) in [5.41, 5.74) is 6.72. The molecule has 3 amide bonds. The Morgan fingerprint density at radius 1 is 1.04 bits per heavy atom. The minimum Gasteiger partial charge on any atom is -0.325 e. The van der Waals surface area contributed by atoms with Gasteiger partial charge in [-0.2, -0.15) is 0 Å². The van der Waals surface area contributed by atoms with E-state index in [9.17, 15) is 14.4 Å². The number of aryl methyl sites for hydroxylation is 1. The summed E-state index contributed by atoms with van der Waals surface area (Å²) >= 11 is 7.10. The van der Waals surface area contributed by atoms with Crippen LogP contribution in [-0.2, 0) is 9.59 Å². The molecule has 0 radical (unpaired) electrons. The van der Waals surface area contributed by atoms with Gasteiger partial charge in [0, 0.05) is 5.69 Å². The summed E-state index contributed by atoms with van der Waals surface area (Å²) in [5.74, 6) is -1.02. The molecule has 0 spiro atoms. The van der Waals surface area contributed by atoms with Gasteiger partial charge in [-0.25, -0.2) is 0 Å². The zero-order chi connectivity index (χ0) is 19.8. The molecule has 2 aromatic rings. The SMILES string of the molecule is Cc1ccc(NC(=O)CS[C@H](C)C(=O)NNC(=O)c2ccccc2Cl)cc1. The molecule has 0 heterocycles. The first-order valence-corrected chi connectivity index (χ1v) is 9.62. The topological polar surface area (TPSA) is 87.3 Å². The highest BCUT2D eigenvalue weighted by Crippen LogP contribution is 2.15. The number of nitrogens with one attached hydrogen (secondary N) is 3. The maximum Gasteiger partial charge on any atom is 0.271 e. The number of thioether (sulfide) groups is 1. The average Bonchev–Trinajstić information content (AvgIpc) is 2.66. The lowest BCUT2D eigenvalue weighted by Gasteiger charge is -2.13.